The molecule has 1 aromatic heterocycles. The van der Waals surface area contributed by atoms with Gasteiger partial charge in [-0.1, -0.05) is 29.3 Å². The normalized spacial score (nSPS) is 11.6. The van der Waals surface area contributed by atoms with Gasteiger partial charge in [-0.2, -0.15) is 0 Å². The van der Waals surface area contributed by atoms with Crippen LogP contribution < -0.4 is 10.9 Å². The third kappa shape index (κ3) is 3.54. The summed E-state index contributed by atoms with van der Waals surface area (Å²) in [5.41, 5.74) is 0.865. The molecule has 3 aromatic rings. The third-order valence-corrected chi connectivity index (χ3v) is 4.20. The van der Waals surface area contributed by atoms with E-state index in [1.54, 1.807) is 31.3 Å². The predicted molar refractivity (Wildman–Crippen MR) is 104 cm³/mol. The molecule has 0 unspecified atom stereocenters. The highest BCUT2D eigenvalue weighted by molar-refractivity contribution is 6.50. The zero-order valence-electron chi connectivity index (χ0n) is 13.4. The number of anilines is 1. The lowest BCUT2D eigenvalue weighted by Crippen LogP contribution is -2.10. The van der Waals surface area contributed by atoms with E-state index in [0.717, 1.165) is 0 Å². The minimum atomic E-state index is -0.489. The van der Waals surface area contributed by atoms with Crippen LogP contribution in [0.5, 0.6) is 0 Å². The Bertz CT molecular complexity index is 1110. The number of hydrogen-bond donors (Lipinski definition) is 2. The van der Waals surface area contributed by atoms with Gasteiger partial charge >= 0.3 is 0 Å². The number of benzene rings is 2. The molecule has 3 rings (SSSR count). The van der Waals surface area contributed by atoms with Crippen LogP contribution in [0.15, 0.2) is 41.2 Å². The van der Waals surface area contributed by atoms with Crippen molar-refractivity contribution in [3.8, 4) is 0 Å². The highest BCUT2D eigenvalue weighted by Gasteiger charge is 2.14. The number of aromatic amines is 1. The molecule has 0 amide bonds. The Morgan fingerprint density at radius 2 is 2.08 bits per heavy atom. The molecule has 0 saturated heterocycles. The molecule has 132 valence electrons. The molecule has 0 fully saturated rings. The smallest absolute Gasteiger partial charge is 0.292 e. The van der Waals surface area contributed by atoms with E-state index >= 15 is 0 Å². The fraction of sp³-hybridized carbons (Fsp3) is 0.0588. The molecule has 2 aromatic carbocycles. The number of hydrogen-bond acceptors (Lipinski definition) is 5. The topological polar surface area (TPSA) is 101 Å². The Morgan fingerprint density at radius 1 is 1.31 bits per heavy atom. The van der Waals surface area contributed by atoms with Crippen LogP contribution in [0.1, 0.15) is 11.4 Å². The van der Waals surface area contributed by atoms with E-state index in [9.17, 15) is 14.9 Å². The Balaban J connectivity index is 2.06. The quantitative estimate of drug-likeness (QED) is 0.511. The number of nitrogens with zero attached hydrogens (tertiary/aromatic N) is 2. The lowest BCUT2D eigenvalue weighted by Gasteiger charge is -2.05. The Kier molecular flexibility index (Phi) is 4.92. The van der Waals surface area contributed by atoms with Gasteiger partial charge in [0.05, 0.1) is 20.9 Å². The number of aromatic nitrogens is 2. The number of H-pyrrole nitrogens is 1. The molecule has 1 heterocycles. The van der Waals surface area contributed by atoms with Crippen molar-refractivity contribution >= 4 is 56.6 Å². The maximum absolute atomic E-state index is 12.2. The minimum absolute atomic E-state index is 0.0830. The second-order valence-electron chi connectivity index (χ2n) is 5.35. The van der Waals surface area contributed by atoms with Gasteiger partial charge in [-0.15, -0.1) is 0 Å². The summed E-state index contributed by atoms with van der Waals surface area (Å²) in [4.78, 5) is 29.7. The molecule has 2 N–H and O–H groups in total. The zero-order valence-corrected chi connectivity index (χ0v) is 14.9. The Labute approximate surface area is 157 Å². The highest BCUT2D eigenvalue weighted by atomic mass is 35.5. The highest BCUT2D eigenvalue weighted by Crippen LogP contribution is 2.28. The van der Waals surface area contributed by atoms with Crippen molar-refractivity contribution in [2.24, 2.45) is 0 Å². The molecule has 0 radical (unpaired) electrons. The third-order valence-electron chi connectivity index (χ3n) is 3.67. The summed E-state index contributed by atoms with van der Waals surface area (Å²) in [5.74, 6) is 0.159. The van der Waals surface area contributed by atoms with Gasteiger partial charge in [0.25, 0.3) is 11.2 Å². The Morgan fingerprint density at radius 3 is 2.77 bits per heavy atom. The molecule has 0 bridgehead atoms. The average Bonchev–Trinajstić information content (AvgIpc) is 2.62. The van der Waals surface area contributed by atoms with Gasteiger partial charge < -0.3 is 10.3 Å². The largest absolute Gasteiger partial charge is 0.383 e. The van der Waals surface area contributed by atoms with E-state index in [1.807, 2.05) is 0 Å². The van der Waals surface area contributed by atoms with E-state index in [-0.39, 0.29) is 22.1 Å². The van der Waals surface area contributed by atoms with Crippen molar-refractivity contribution < 1.29 is 4.92 Å². The molecular weight excluding hydrogens is 379 g/mol. The van der Waals surface area contributed by atoms with E-state index in [2.05, 4.69) is 15.3 Å². The van der Waals surface area contributed by atoms with Crippen molar-refractivity contribution in [3.05, 3.63) is 73.3 Å². The van der Waals surface area contributed by atoms with Crippen LogP contribution >= 0.6 is 23.2 Å². The standard InChI is InChI=1S/C17H12Cl2N4O3/c1-20-14-4-2-9(7-15(14)23(25)26)6-12(19)16-21-13-5-3-10(18)8-11(13)17(24)22-16/h2-8,20H,1H3,(H,21,22,24)/b12-6-. The second kappa shape index (κ2) is 7.15. The number of nitro groups is 1. The van der Waals surface area contributed by atoms with Gasteiger partial charge in [0.2, 0.25) is 0 Å². The second-order valence-corrected chi connectivity index (χ2v) is 6.20. The number of fused-ring (bicyclic) bond motifs is 1. The number of nitrogens with one attached hydrogen (secondary N) is 2. The van der Waals surface area contributed by atoms with Crippen LogP contribution in [-0.2, 0) is 0 Å². The van der Waals surface area contributed by atoms with Crippen LogP contribution in [-0.4, -0.2) is 21.9 Å². The van der Waals surface area contributed by atoms with Crippen molar-refractivity contribution in [2.75, 3.05) is 12.4 Å². The molecular formula is C17H12Cl2N4O3. The molecule has 26 heavy (non-hydrogen) atoms. The van der Waals surface area contributed by atoms with Crippen LogP contribution in [0.25, 0.3) is 22.0 Å². The SMILES string of the molecule is CNc1ccc(/C=C(\Cl)c2nc3ccc(Cl)cc3c(=O)[nH]2)cc1[N+](=O)[O-]. The number of rotatable bonds is 4. The van der Waals surface area contributed by atoms with Crippen molar-refractivity contribution in [3.63, 3.8) is 0 Å². The maximum Gasteiger partial charge on any atom is 0.292 e. The summed E-state index contributed by atoms with van der Waals surface area (Å²) < 4.78 is 0. The van der Waals surface area contributed by atoms with Gasteiger partial charge in [0.15, 0.2) is 5.82 Å². The first-order valence-corrected chi connectivity index (χ1v) is 8.18. The molecule has 0 spiro atoms. The fourth-order valence-corrected chi connectivity index (χ4v) is 2.83. The van der Waals surface area contributed by atoms with Crippen LogP contribution in [0.3, 0.4) is 0 Å². The first-order chi connectivity index (χ1) is 12.4. The van der Waals surface area contributed by atoms with Gasteiger partial charge in [-0.05, 0) is 35.9 Å². The molecule has 0 aliphatic carbocycles. The van der Waals surface area contributed by atoms with Crippen molar-refractivity contribution in [1.29, 1.82) is 0 Å². The first kappa shape index (κ1) is 17.9. The summed E-state index contributed by atoms with van der Waals surface area (Å²) in [6.07, 6.45) is 1.49. The summed E-state index contributed by atoms with van der Waals surface area (Å²) in [7, 11) is 1.60. The fourth-order valence-electron chi connectivity index (χ4n) is 2.44. The molecule has 0 aliphatic heterocycles. The maximum atomic E-state index is 12.2. The summed E-state index contributed by atoms with van der Waals surface area (Å²) in [6.45, 7) is 0. The lowest BCUT2D eigenvalue weighted by molar-refractivity contribution is -0.383. The van der Waals surface area contributed by atoms with E-state index in [4.69, 9.17) is 23.2 Å². The molecule has 0 aliphatic rings. The van der Waals surface area contributed by atoms with Gasteiger partial charge in [0, 0.05) is 18.1 Å². The summed E-state index contributed by atoms with van der Waals surface area (Å²) >= 11 is 12.2. The van der Waals surface area contributed by atoms with Gasteiger partial charge in [-0.25, -0.2) is 4.98 Å². The van der Waals surface area contributed by atoms with Crippen LogP contribution in [0, 0.1) is 10.1 Å². The summed E-state index contributed by atoms with van der Waals surface area (Å²) in [5, 5.41) is 14.8. The number of halogens is 2. The van der Waals surface area contributed by atoms with Gasteiger partial charge in [-0.3, -0.25) is 14.9 Å². The molecule has 7 nitrogen and oxygen atoms in total. The van der Waals surface area contributed by atoms with E-state index in [0.29, 0.717) is 27.2 Å². The molecule has 0 saturated carbocycles. The molecule has 0 atom stereocenters. The number of nitro benzene ring substituents is 1. The van der Waals surface area contributed by atoms with E-state index in [1.165, 1.54) is 18.2 Å². The van der Waals surface area contributed by atoms with Crippen LogP contribution in [0.4, 0.5) is 11.4 Å². The Hall–Kier alpha value is -2.90. The lowest BCUT2D eigenvalue weighted by atomic mass is 10.1. The van der Waals surface area contributed by atoms with Gasteiger partial charge in [0.1, 0.15) is 5.69 Å². The monoisotopic (exact) mass is 390 g/mol. The summed E-state index contributed by atoms with van der Waals surface area (Å²) in [6, 6.07) is 9.38. The van der Waals surface area contributed by atoms with Crippen molar-refractivity contribution in [2.45, 2.75) is 0 Å². The average molecular weight is 391 g/mol. The van der Waals surface area contributed by atoms with E-state index < -0.39 is 4.92 Å². The predicted octanol–water partition coefficient (Wildman–Crippen LogP) is 4.26. The first-order valence-electron chi connectivity index (χ1n) is 7.42. The molecule has 9 heteroatoms. The zero-order chi connectivity index (χ0) is 18.8. The van der Waals surface area contributed by atoms with Crippen LogP contribution in [0.2, 0.25) is 5.02 Å². The van der Waals surface area contributed by atoms with Crippen molar-refractivity contribution in [1.82, 2.24) is 9.97 Å². The minimum Gasteiger partial charge on any atom is -0.383 e.